The van der Waals surface area contributed by atoms with E-state index in [1.807, 2.05) is 24.7 Å². The third-order valence-corrected chi connectivity index (χ3v) is 3.48. The number of rotatable bonds is 4. The number of nitrogens with one attached hydrogen (secondary N) is 1. The number of carboxylic acid groups (broad SMARTS) is 1. The van der Waals surface area contributed by atoms with Crippen LogP contribution in [-0.4, -0.2) is 26.6 Å². The predicted molar refractivity (Wildman–Crippen MR) is 91.2 cm³/mol. The first-order valence-electron chi connectivity index (χ1n) is 7.40. The van der Waals surface area contributed by atoms with Gasteiger partial charge in [0.2, 0.25) is 0 Å². The molecule has 122 valence electrons. The lowest BCUT2D eigenvalue weighted by Crippen LogP contribution is -2.22. The minimum atomic E-state index is -0.988. The first-order valence-corrected chi connectivity index (χ1v) is 7.40. The first-order chi connectivity index (χ1) is 10.7. The van der Waals surface area contributed by atoms with E-state index in [4.69, 9.17) is 0 Å². The van der Waals surface area contributed by atoms with Crippen molar-refractivity contribution in [2.45, 2.75) is 40.2 Å². The van der Waals surface area contributed by atoms with E-state index < -0.39 is 5.97 Å². The molecule has 0 unspecified atom stereocenters. The van der Waals surface area contributed by atoms with E-state index in [9.17, 15) is 9.90 Å². The second-order valence-electron chi connectivity index (χ2n) is 6.40. The smallest absolute Gasteiger partial charge is 0.337 e. The van der Waals surface area contributed by atoms with Crippen LogP contribution in [0.1, 0.15) is 49.3 Å². The Kier molecular flexibility index (Phi) is 4.54. The van der Waals surface area contributed by atoms with Gasteiger partial charge >= 0.3 is 5.97 Å². The molecule has 0 saturated heterocycles. The fourth-order valence-electron chi connectivity index (χ4n) is 2.13. The van der Waals surface area contributed by atoms with Gasteiger partial charge in [0.25, 0.3) is 0 Å². The third-order valence-electron chi connectivity index (χ3n) is 3.48. The average Bonchev–Trinajstić information content (AvgIpc) is 2.87. The molecule has 0 saturated carbocycles. The Morgan fingerprint density at radius 2 is 1.91 bits per heavy atom. The molecular weight excluding hydrogens is 292 g/mol. The second kappa shape index (κ2) is 6.24. The van der Waals surface area contributed by atoms with Crippen LogP contribution < -0.4 is 5.43 Å². The summed E-state index contributed by atoms with van der Waals surface area (Å²) in [6, 6.07) is 6.68. The summed E-state index contributed by atoms with van der Waals surface area (Å²) in [4.78, 5) is 11.2. The van der Waals surface area contributed by atoms with Crippen LogP contribution in [0.15, 0.2) is 35.6 Å². The predicted octanol–water partition coefficient (Wildman–Crippen LogP) is 3.48. The molecule has 1 aromatic heterocycles. The topological polar surface area (TPSA) is 79.5 Å². The molecule has 0 fully saturated rings. The number of carbonyl (C=O) groups is 1. The maximum Gasteiger partial charge on any atom is 0.337 e. The van der Waals surface area contributed by atoms with E-state index in [1.165, 1.54) is 0 Å². The molecule has 0 aliphatic rings. The van der Waals surface area contributed by atoms with Gasteiger partial charge in [0.05, 0.1) is 28.2 Å². The minimum Gasteiger partial charge on any atom is -0.478 e. The highest BCUT2D eigenvalue weighted by atomic mass is 16.4. The third kappa shape index (κ3) is 3.77. The number of hydrazone groups is 1. The summed E-state index contributed by atoms with van der Waals surface area (Å²) in [5.41, 5.74) is 5.94. The van der Waals surface area contributed by atoms with Gasteiger partial charge in [-0.1, -0.05) is 12.1 Å². The summed E-state index contributed by atoms with van der Waals surface area (Å²) in [6.07, 6.45) is 1.96. The summed E-state index contributed by atoms with van der Waals surface area (Å²) in [5, 5.41) is 18.0. The number of aromatic nitrogens is 2. The standard InChI is InChI=1S/C17H22N4O2/c1-11(14-10-21(17(3,4)5)20-12(14)2)18-19-15-9-7-6-8-13(15)16(22)23/h6-10,19H,1-5H3,(H,22,23)/b18-11-. The Bertz CT molecular complexity index is 754. The van der Waals surface area contributed by atoms with Crippen LogP contribution in [0.2, 0.25) is 0 Å². The van der Waals surface area contributed by atoms with Gasteiger partial charge in [-0.3, -0.25) is 10.1 Å². The lowest BCUT2D eigenvalue weighted by Gasteiger charge is -2.18. The van der Waals surface area contributed by atoms with Crippen molar-refractivity contribution in [3.63, 3.8) is 0 Å². The Hall–Kier alpha value is -2.63. The van der Waals surface area contributed by atoms with Gasteiger partial charge in [0, 0.05) is 11.8 Å². The van der Waals surface area contributed by atoms with Gasteiger partial charge in [-0.25, -0.2) is 4.79 Å². The molecule has 1 heterocycles. The number of aryl methyl sites for hydroxylation is 1. The van der Waals surface area contributed by atoms with Crippen LogP contribution in [0, 0.1) is 6.92 Å². The molecule has 23 heavy (non-hydrogen) atoms. The van der Waals surface area contributed by atoms with Crippen LogP contribution in [0.25, 0.3) is 0 Å². The normalized spacial score (nSPS) is 12.3. The van der Waals surface area contributed by atoms with E-state index in [1.54, 1.807) is 24.3 Å². The molecule has 0 aliphatic carbocycles. The summed E-state index contributed by atoms with van der Waals surface area (Å²) in [5.74, 6) is -0.988. The Labute approximate surface area is 135 Å². The van der Waals surface area contributed by atoms with Crippen LogP contribution in [0.5, 0.6) is 0 Å². The largest absolute Gasteiger partial charge is 0.478 e. The molecule has 6 nitrogen and oxygen atoms in total. The van der Waals surface area contributed by atoms with Gasteiger partial charge in [-0.05, 0) is 46.8 Å². The quantitative estimate of drug-likeness (QED) is 0.669. The highest BCUT2D eigenvalue weighted by Crippen LogP contribution is 2.18. The lowest BCUT2D eigenvalue weighted by atomic mass is 10.1. The van der Waals surface area contributed by atoms with E-state index in [-0.39, 0.29) is 11.1 Å². The summed E-state index contributed by atoms with van der Waals surface area (Å²) >= 11 is 0. The minimum absolute atomic E-state index is 0.105. The van der Waals surface area contributed by atoms with E-state index in [0.29, 0.717) is 5.69 Å². The lowest BCUT2D eigenvalue weighted by molar-refractivity contribution is 0.0698. The van der Waals surface area contributed by atoms with E-state index in [2.05, 4.69) is 36.4 Å². The highest BCUT2D eigenvalue weighted by molar-refractivity contribution is 6.00. The van der Waals surface area contributed by atoms with Gasteiger partial charge in [-0.2, -0.15) is 10.2 Å². The number of hydrogen-bond donors (Lipinski definition) is 2. The maximum absolute atomic E-state index is 11.2. The van der Waals surface area contributed by atoms with Gasteiger partial charge in [0.15, 0.2) is 0 Å². The maximum atomic E-state index is 11.2. The number of carboxylic acids is 1. The molecule has 2 rings (SSSR count). The SMILES string of the molecule is C/C(=N/Nc1ccccc1C(=O)O)c1cn(C(C)(C)C)nc1C. The van der Waals surface area contributed by atoms with Crippen LogP contribution in [-0.2, 0) is 5.54 Å². The van der Waals surface area contributed by atoms with Crippen molar-refractivity contribution in [1.29, 1.82) is 0 Å². The molecule has 0 spiro atoms. The van der Waals surface area contributed by atoms with Crippen LogP contribution in [0.4, 0.5) is 5.69 Å². The van der Waals surface area contributed by atoms with Gasteiger partial charge < -0.3 is 5.11 Å². The molecule has 0 aliphatic heterocycles. The summed E-state index contributed by atoms with van der Waals surface area (Å²) in [7, 11) is 0. The van der Waals surface area contributed by atoms with E-state index in [0.717, 1.165) is 17.0 Å². The van der Waals surface area contributed by atoms with Crippen molar-refractivity contribution >= 4 is 17.4 Å². The number of aromatic carboxylic acids is 1. The van der Waals surface area contributed by atoms with Crippen LogP contribution in [0.3, 0.4) is 0 Å². The highest BCUT2D eigenvalue weighted by Gasteiger charge is 2.17. The zero-order chi connectivity index (χ0) is 17.2. The Morgan fingerprint density at radius 3 is 2.48 bits per heavy atom. The van der Waals surface area contributed by atoms with Crippen molar-refractivity contribution in [1.82, 2.24) is 9.78 Å². The number of hydrogen-bond acceptors (Lipinski definition) is 4. The van der Waals surface area contributed by atoms with Crippen molar-refractivity contribution < 1.29 is 9.90 Å². The molecule has 1 aromatic carbocycles. The van der Waals surface area contributed by atoms with Crippen molar-refractivity contribution in [2.24, 2.45) is 5.10 Å². The fourth-order valence-corrected chi connectivity index (χ4v) is 2.13. The Balaban J connectivity index is 2.28. The first kappa shape index (κ1) is 16.7. The zero-order valence-electron chi connectivity index (χ0n) is 14.1. The van der Waals surface area contributed by atoms with Gasteiger partial charge in [-0.15, -0.1) is 0 Å². The van der Waals surface area contributed by atoms with E-state index >= 15 is 0 Å². The fraction of sp³-hybridized carbons (Fsp3) is 0.353. The molecular formula is C17H22N4O2. The van der Waals surface area contributed by atoms with Crippen molar-refractivity contribution in [3.05, 3.63) is 47.3 Å². The average molecular weight is 314 g/mol. The molecule has 6 heteroatoms. The zero-order valence-corrected chi connectivity index (χ0v) is 14.1. The van der Waals surface area contributed by atoms with Crippen molar-refractivity contribution in [3.8, 4) is 0 Å². The molecule has 0 radical (unpaired) electrons. The van der Waals surface area contributed by atoms with Crippen LogP contribution >= 0.6 is 0 Å². The molecule has 0 amide bonds. The molecule has 2 aromatic rings. The number of para-hydroxylation sites is 1. The molecule has 2 N–H and O–H groups in total. The number of benzene rings is 1. The monoisotopic (exact) mass is 314 g/mol. The van der Waals surface area contributed by atoms with Gasteiger partial charge in [0.1, 0.15) is 0 Å². The molecule has 0 atom stereocenters. The second-order valence-corrected chi connectivity index (χ2v) is 6.40. The summed E-state index contributed by atoms with van der Waals surface area (Å²) in [6.45, 7) is 10.0. The van der Waals surface area contributed by atoms with Crippen molar-refractivity contribution in [2.75, 3.05) is 5.43 Å². The Morgan fingerprint density at radius 1 is 1.26 bits per heavy atom. The number of anilines is 1. The summed E-state index contributed by atoms with van der Waals surface area (Å²) < 4.78 is 1.90. The molecule has 0 bridgehead atoms. The number of nitrogens with zero attached hydrogens (tertiary/aromatic N) is 3.